The Labute approximate surface area is 87.7 Å². The zero-order valence-corrected chi connectivity index (χ0v) is 8.63. The molecule has 0 saturated heterocycles. The molecule has 3 amide bonds. The van der Waals surface area contributed by atoms with Crippen LogP contribution < -0.4 is 16.4 Å². The Kier molecular flexibility index (Phi) is 3.28. The summed E-state index contributed by atoms with van der Waals surface area (Å²) in [4.78, 5) is 21.5. The minimum absolute atomic E-state index is 0.158. The van der Waals surface area contributed by atoms with Crippen LogP contribution in [0.3, 0.4) is 0 Å². The Morgan fingerprint density at radius 2 is 1.93 bits per heavy atom. The number of hydrogen-bond acceptors (Lipinski definition) is 2. The Morgan fingerprint density at radius 1 is 1.27 bits per heavy atom. The van der Waals surface area contributed by atoms with Gasteiger partial charge in [-0.05, 0) is 24.6 Å². The van der Waals surface area contributed by atoms with Crippen LogP contribution in [0.1, 0.15) is 12.5 Å². The first-order valence-electron chi connectivity index (χ1n) is 4.43. The van der Waals surface area contributed by atoms with Crippen molar-refractivity contribution in [1.29, 1.82) is 0 Å². The molecule has 0 aromatic heterocycles. The molecule has 0 bridgehead atoms. The molecule has 4 N–H and O–H groups in total. The van der Waals surface area contributed by atoms with Crippen molar-refractivity contribution in [3.63, 3.8) is 0 Å². The fourth-order valence-corrected chi connectivity index (χ4v) is 1.17. The number of primary amides is 1. The van der Waals surface area contributed by atoms with Gasteiger partial charge in [0.15, 0.2) is 0 Å². The van der Waals surface area contributed by atoms with Crippen molar-refractivity contribution >= 4 is 23.3 Å². The Bertz CT molecular complexity index is 402. The van der Waals surface area contributed by atoms with Crippen LogP contribution in [0.4, 0.5) is 16.2 Å². The average Bonchev–Trinajstić information content (AvgIpc) is 2.09. The molecule has 1 aromatic rings. The summed E-state index contributed by atoms with van der Waals surface area (Å²) in [5, 5.41) is 5.09. The number of carbonyl (C=O) groups is 2. The van der Waals surface area contributed by atoms with Gasteiger partial charge in [-0.25, -0.2) is 4.79 Å². The summed E-state index contributed by atoms with van der Waals surface area (Å²) < 4.78 is 0. The highest BCUT2D eigenvalue weighted by Gasteiger charge is 2.03. The molecule has 0 heterocycles. The minimum Gasteiger partial charge on any atom is -0.351 e. The zero-order valence-electron chi connectivity index (χ0n) is 8.63. The second-order valence-electron chi connectivity index (χ2n) is 3.20. The number of anilines is 2. The molecule has 80 valence electrons. The Morgan fingerprint density at radius 3 is 2.47 bits per heavy atom. The van der Waals surface area contributed by atoms with E-state index in [1.54, 1.807) is 18.2 Å². The van der Waals surface area contributed by atoms with Crippen LogP contribution >= 0.6 is 0 Å². The molecule has 0 saturated carbocycles. The molecule has 5 heteroatoms. The number of rotatable bonds is 2. The largest absolute Gasteiger partial charge is 0.351 e. The number of nitrogens with one attached hydrogen (secondary N) is 2. The molecule has 0 radical (unpaired) electrons. The summed E-state index contributed by atoms with van der Waals surface area (Å²) in [7, 11) is 0. The van der Waals surface area contributed by atoms with Crippen molar-refractivity contribution < 1.29 is 9.59 Å². The number of hydrogen-bond donors (Lipinski definition) is 3. The van der Waals surface area contributed by atoms with E-state index in [-0.39, 0.29) is 5.91 Å². The van der Waals surface area contributed by atoms with Crippen molar-refractivity contribution in [2.45, 2.75) is 13.8 Å². The first kappa shape index (κ1) is 11.0. The van der Waals surface area contributed by atoms with Gasteiger partial charge in [0.25, 0.3) is 0 Å². The molecule has 0 atom stereocenters. The SMILES string of the molecule is CC(=O)Nc1cc(NC(N)=O)ccc1C. The van der Waals surface area contributed by atoms with E-state index in [4.69, 9.17) is 5.73 Å². The van der Waals surface area contributed by atoms with Crippen molar-refractivity contribution in [2.75, 3.05) is 10.6 Å². The molecule has 0 aliphatic carbocycles. The topological polar surface area (TPSA) is 84.2 Å². The van der Waals surface area contributed by atoms with E-state index in [9.17, 15) is 9.59 Å². The lowest BCUT2D eigenvalue weighted by Gasteiger charge is -2.09. The number of aryl methyl sites for hydroxylation is 1. The van der Waals surface area contributed by atoms with Crippen LogP contribution in [0.25, 0.3) is 0 Å². The maximum atomic E-state index is 10.9. The molecular weight excluding hydrogens is 194 g/mol. The summed E-state index contributed by atoms with van der Waals surface area (Å²) in [5.74, 6) is -0.158. The van der Waals surface area contributed by atoms with Crippen LogP contribution in [0.2, 0.25) is 0 Å². The fraction of sp³-hybridized carbons (Fsp3) is 0.200. The van der Waals surface area contributed by atoms with Gasteiger partial charge in [0.2, 0.25) is 5.91 Å². The highest BCUT2D eigenvalue weighted by Crippen LogP contribution is 2.19. The average molecular weight is 207 g/mol. The maximum absolute atomic E-state index is 10.9. The van der Waals surface area contributed by atoms with E-state index >= 15 is 0 Å². The van der Waals surface area contributed by atoms with Crippen LogP contribution in [-0.2, 0) is 4.79 Å². The Balaban J connectivity index is 2.94. The van der Waals surface area contributed by atoms with Crippen LogP contribution in [-0.4, -0.2) is 11.9 Å². The summed E-state index contributed by atoms with van der Waals surface area (Å²) in [6.07, 6.45) is 0. The summed E-state index contributed by atoms with van der Waals surface area (Å²) in [5.41, 5.74) is 7.11. The molecule has 15 heavy (non-hydrogen) atoms. The number of urea groups is 1. The van der Waals surface area contributed by atoms with E-state index in [1.807, 2.05) is 6.92 Å². The van der Waals surface area contributed by atoms with Crippen LogP contribution in [0.5, 0.6) is 0 Å². The minimum atomic E-state index is -0.632. The maximum Gasteiger partial charge on any atom is 0.316 e. The molecule has 1 rings (SSSR count). The zero-order chi connectivity index (χ0) is 11.4. The smallest absolute Gasteiger partial charge is 0.316 e. The van der Waals surface area contributed by atoms with Crippen LogP contribution in [0, 0.1) is 6.92 Å². The van der Waals surface area contributed by atoms with Gasteiger partial charge in [0, 0.05) is 18.3 Å². The second kappa shape index (κ2) is 4.45. The second-order valence-corrected chi connectivity index (χ2v) is 3.20. The number of carbonyl (C=O) groups excluding carboxylic acids is 2. The number of amides is 3. The lowest BCUT2D eigenvalue weighted by atomic mass is 10.2. The van der Waals surface area contributed by atoms with E-state index in [1.165, 1.54) is 6.92 Å². The Hall–Kier alpha value is -2.04. The highest BCUT2D eigenvalue weighted by molar-refractivity contribution is 5.92. The molecule has 0 spiro atoms. The molecule has 1 aromatic carbocycles. The molecular formula is C10H13N3O2. The monoisotopic (exact) mass is 207 g/mol. The molecule has 0 unspecified atom stereocenters. The number of benzene rings is 1. The summed E-state index contributed by atoms with van der Waals surface area (Å²) in [6.45, 7) is 3.28. The van der Waals surface area contributed by atoms with E-state index < -0.39 is 6.03 Å². The van der Waals surface area contributed by atoms with Gasteiger partial charge in [-0.1, -0.05) is 6.07 Å². The van der Waals surface area contributed by atoms with E-state index in [0.717, 1.165) is 5.56 Å². The van der Waals surface area contributed by atoms with Gasteiger partial charge >= 0.3 is 6.03 Å². The van der Waals surface area contributed by atoms with Gasteiger partial charge in [-0.15, -0.1) is 0 Å². The van der Waals surface area contributed by atoms with Crippen LogP contribution in [0.15, 0.2) is 18.2 Å². The lowest BCUT2D eigenvalue weighted by molar-refractivity contribution is -0.114. The normalized spacial score (nSPS) is 9.47. The quantitative estimate of drug-likeness (QED) is 0.685. The van der Waals surface area contributed by atoms with Gasteiger partial charge in [0.05, 0.1) is 0 Å². The van der Waals surface area contributed by atoms with Gasteiger partial charge < -0.3 is 16.4 Å². The van der Waals surface area contributed by atoms with Crippen molar-refractivity contribution in [3.8, 4) is 0 Å². The third-order valence-electron chi connectivity index (χ3n) is 1.82. The lowest BCUT2D eigenvalue weighted by Crippen LogP contribution is -2.19. The van der Waals surface area contributed by atoms with Gasteiger partial charge in [0.1, 0.15) is 0 Å². The third kappa shape index (κ3) is 3.30. The number of nitrogens with two attached hydrogens (primary N) is 1. The molecule has 0 aliphatic rings. The predicted molar refractivity (Wildman–Crippen MR) is 58.7 cm³/mol. The standard InChI is InChI=1S/C10H13N3O2/c1-6-3-4-8(13-10(11)15)5-9(6)12-7(2)14/h3-5H,1-2H3,(H,12,14)(H3,11,13,15). The predicted octanol–water partition coefficient (Wildman–Crippen LogP) is 1.44. The summed E-state index contributed by atoms with van der Waals surface area (Å²) in [6, 6.07) is 4.52. The molecule has 5 nitrogen and oxygen atoms in total. The molecule has 0 aliphatic heterocycles. The van der Waals surface area contributed by atoms with Crippen molar-refractivity contribution in [2.24, 2.45) is 5.73 Å². The highest BCUT2D eigenvalue weighted by atomic mass is 16.2. The van der Waals surface area contributed by atoms with Crippen molar-refractivity contribution in [1.82, 2.24) is 0 Å². The van der Waals surface area contributed by atoms with E-state index in [0.29, 0.717) is 11.4 Å². The summed E-state index contributed by atoms with van der Waals surface area (Å²) >= 11 is 0. The van der Waals surface area contributed by atoms with Gasteiger partial charge in [-0.2, -0.15) is 0 Å². The third-order valence-corrected chi connectivity index (χ3v) is 1.82. The van der Waals surface area contributed by atoms with Gasteiger partial charge in [-0.3, -0.25) is 4.79 Å². The molecule has 0 fully saturated rings. The van der Waals surface area contributed by atoms with E-state index in [2.05, 4.69) is 10.6 Å². The van der Waals surface area contributed by atoms with Crippen molar-refractivity contribution in [3.05, 3.63) is 23.8 Å². The fourth-order valence-electron chi connectivity index (χ4n) is 1.17. The first-order chi connectivity index (χ1) is 6.99. The first-order valence-corrected chi connectivity index (χ1v) is 4.43.